The molecule has 0 aliphatic carbocycles. The number of aliphatic hydroxyl groups excluding tert-OH is 1. The lowest BCUT2D eigenvalue weighted by molar-refractivity contribution is -0.0270. The van der Waals surface area contributed by atoms with Gasteiger partial charge in [0.05, 0.1) is 12.7 Å². The van der Waals surface area contributed by atoms with Crippen LogP contribution in [0.4, 0.5) is 5.82 Å². The van der Waals surface area contributed by atoms with E-state index in [1.807, 2.05) is 0 Å². The van der Waals surface area contributed by atoms with Crippen LogP contribution in [-0.2, 0) is 4.74 Å². The van der Waals surface area contributed by atoms with Gasteiger partial charge in [0.1, 0.15) is 12.0 Å². The van der Waals surface area contributed by atoms with Gasteiger partial charge in [0, 0.05) is 24.2 Å². The van der Waals surface area contributed by atoms with Crippen molar-refractivity contribution in [1.82, 2.24) is 9.55 Å². The topological polar surface area (TPSA) is 116 Å². The molecule has 1 aromatic heterocycles. The maximum Gasteiger partial charge on any atom is 0.351 e. The van der Waals surface area contributed by atoms with Crippen molar-refractivity contribution in [3.8, 4) is 0 Å². The van der Waals surface area contributed by atoms with Gasteiger partial charge in [0.15, 0.2) is 0 Å². The Hall–Kier alpha value is -1.44. The van der Waals surface area contributed by atoms with Crippen LogP contribution >= 0.6 is 0 Å². The van der Waals surface area contributed by atoms with Crippen LogP contribution in [-0.4, -0.2) is 33.4 Å². The molecule has 1 aliphatic rings. The summed E-state index contributed by atoms with van der Waals surface area (Å²) in [7, 11) is 0. The number of aliphatic hydroxyl groups is 1. The van der Waals surface area contributed by atoms with Crippen molar-refractivity contribution in [2.75, 3.05) is 12.3 Å². The fraction of sp³-hybridized carbons (Fsp3) is 0.600. The van der Waals surface area contributed by atoms with E-state index in [4.69, 9.17) is 21.3 Å². The van der Waals surface area contributed by atoms with E-state index in [1.165, 1.54) is 4.57 Å². The number of nitrogen functional groups attached to an aromatic ring is 1. The second-order valence-corrected chi connectivity index (χ2v) is 4.21. The number of rotatable bonds is 2. The highest BCUT2D eigenvalue weighted by molar-refractivity contribution is 5.35. The van der Waals surface area contributed by atoms with Crippen molar-refractivity contribution < 1.29 is 9.84 Å². The van der Waals surface area contributed by atoms with Gasteiger partial charge in [-0.3, -0.25) is 4.57 Å². The molecule has 0 saturated carbocycles. The van der Waals surface area contributed by atoms with E-state index in [2.05, 4.69) is 4.98 Å². The summed E-state index contributed by atoms with van der Waals surface area (Å²) in [6, 6.07) is -0.283. The van der Waals surface area contributed by atoms with Gasteiger partial charge < -0.3 is 21.3 Å². The highest BCUT2D eigenvalue weighted by atomic mass is 16.5. The number of aromatic nitrogens is 2. The van der Waals surface area contributed by atoms with Gasteiger partial charge in [-0.05, 0) is 6.92 Å². The standard InChI is InChI=1S/C10H16N4O3/c1-5-3-14(10(16)13-9(5)12)8-2-6(11)7(4-15)17-8/h3,6-8,15H,2,4,11H2,1H3,(H2,12,13,16)/t6?,7-,8-/m1/s1. The van der Waals surface area contributed by atoms with E-state index in [-0.39, 0.29) is 18.5 Å². The summed E-state index contributed by atoms with van der Waals surface area (Å²) in [6.07, 6.45) is 1.14. The Morgan fingerprint density at radius 2 is 2.41 bits per heavy atom. The minimum Gasteiger partial charge on any atom is -0.394 e. The van der Waals surface area contributed by atoms with Gasteiger partial charge in [0.25, 0.3) is 0 Å². The van der Waals surface area contributed by atoms with Crippen molar-refractivity contribution >= 4 is 5.82 Å². The van der Waals surface area contributed by atoms with Crippen molar-refractivity contribution in [2.45, 2.75) is 31.7 Å². The Morgan fingerprint density at radius 3 is 3.00 bits per heavy atom. The average molecular weight is 240 g/mol. The second kappa shape index (κ2) is 4.44. The zero-order chi connectivity index (χ0) is 12.6. The molecule has 0 bridgehead atoms. The van der Waals surface area contributed by atoms with E-state index < -0.39 is 18.0 Å². The zero-order valence-corrected chi connectivity index (χ0v) is 9.54. The monoisotopic (exact) mass is 240 g/mol. The lowest BCUT2D eigenvalue weighted by Gasteiger charge is -2.15. The molecule has 0 spiro atoms. The first-order valence-corrected chi connectivity index (χ1v) is 5.40. The zero-order valence-electron chi connectivity index (χ0n) is 9.54. The van der Waals surface area contributed by atoms with Crippen LogP contribution in [0.3, 0.4) is 0 Å². The molecule has 0 amide bonds. The summed E-state index contributed by atoms with van der Waals surface area (Å²) in [5, 5.41) is 9.04. The molecule has 2 rings (SSSR count). The Bertz CT molecular complexity index is 473. The lowest BCUT2D eigenvalue weighted by atomic mass is 10.1. The van der Waals surface area contributed by atoms with E-state index in [0.717, 1.165) is 0 Å². The van der Waals surface area contributed by atoms with Crippen LogP contribution in [0.15, 0.2) is 11.0 Å². The van der Waals surface area contributed by atoms with Crippen LogP contribution in [0.25, 0.3) is 0 Å². The molecule has 1 saturated heterocycles. The van der Waals surface area contributed by atoms with Crippen LogP contribution in [0.1, 0.15) is 18.2 Å². The molecular formula is C10H16N4O3. The molecule has 0 radical (unpaired) electrons. The second-order valence-electron chi connectivity index (χ2n) is 4.21. The minimum atomic E-state index is -0.485. The quantitative estimate of drug-likeness (QED) is 0.594. The van der Waals surface area contributed by atoms with Crippen LogP contribution in [0.2, 0.25) is 0 Å². The summed E-state index contributed by atoms with van der Waals surface area (Å²) in [4.78, 5) is 15.4. The summed E-state index contributed by atoms with van der Waals surface area (Å²) in [5.74, 6) is 0.215. The Kier molecular flexibility index (Phi) is 3.14. The number of anilines is 1. The molecule has 1 unspecified atom stereocenters. The number of aryl methyl sites for hydroxylation is 1. The number of ether oxygens (including phenoxy) is 1. The molecule has 1 fully saturated rings. The molecule has 2 heterocycles. The van der Waals surface area contributed by atoms with Gasteiger partial charge in [-0.2, -0.15) is 4.98 Å². The van der Waals surface area contributed by atoms with Gasteiger partial charge in [-0.25, -0.2) is 4.79 Å². The molecule has 1 aromatic rings. The first-order chi connectivity index (χ1) is 8.02. The van der Waals surface area contributed by atoms with Gasteiger partial charge in [-0.15, -0.1) is 0 Å². The number of nitrogens with two attached hydrogens (primary N) is 2. The summed E-state index contributed by atoms with van der Waals surface area (Å²) in [6.45, 7) is 1.60. The molecule has 7 nitrogen and oxygen atoms in total. The van der Waals surface area contributed by atoms with E-state index >= 15 is 0 Å². The molecule has 1 aliphatic heterocycles. The molecule has 17 heavy (non-hydrogen) atoms. The van der Waals surface area contributed by atoms with E-state index in [0.29, 0.717) is 12.0 Å². The summed E-state index contributed by atoms with van der Waals surface area (Å²) in [5.41, 5.74) is 11.6. The third-order valence-corrected chi connectivity index (χ3v) is 2.95. The Balaban J connectivity index is 2.30. The first-order valence-electron chi connectivity index (χ1n) is 5.40. The fourth-order valence-corrected chi connectivity index (χ4v) is 1.89. The smallest absolute Gasteiger partial charge is 0.351 e. The van der Waals surface area contributed by atoms with E-state index in [9.17, 15) is 4.79 Å². The number of hydrogen-bond donors (Lipinski definition) is 3. The molecular weight excluding hydrogens is 224 g/mol. The predicted octanol–water partition coefficient (Wildman–Crippen LogP) is -1.26. The third kappa shape index (κ3) is 2.17. The van der Waals surface area contributed by atoms with Crippen molar-refractivity contribution in [1.29, 1.82) is 0 Å². The van der Waals surface area contributed by atoms with Crippen molar-refractivity contribution in [3.63, 3.8) is 0 Å². The molecule has 7 heteroatoms. The highest BCUT2D eigenvalue weighted by Crippen LogP contribution is 2.26. The first kappa shape index (κ1) is 12.0. The largest absolute Gasteiger partial charge is 0.394 e. The van der Waals surface area contributed by atoms with E-state index in [1.54, 1.807) is 13.1 Å². The molecule has 5 N–H and O–H groups in total. The van der Waals surface area contributed by atoms with Gasteiger partial charge in [-0.1, -0.05) is 0 Å². The van der Waals surface area contributed by atoms with Crippen molar-refractivity contribution in [3.05, 3.63) is 22.2 Å². The van der Waals surface area contributed by atoms with Crippen LogP contribution < -0.4 is 17.2 Å². The van der Waals surface area contributed by atoms with Crippen molar-refractivity contribution in [2.24, 2.45) is 5.73 Å². The normalized spacial score (nSPS) is 28.5. The fourth-order valence-electron chi connectivity index (χ4n) is 1.89. The van der Waals surface area contributed by atoms with Gasteiger partial charge in [0.2, 0.25) is 0 Å². The predicted molar refractivity (Wildman–Crippen MR) is 61.2 cm³/mol. The SMILES string of the molecule is Cc1cn([C@H]2CC(N)[C@@H](CO)O2)c(=O)nc1N. The Labute approximate surface area is 98.0 Å². The number of hydrogen-bond acceptors (Lipinski definition) is 6. The summed E-state index contributed by atoms with van der Waals surface area (Å²) < 4.78 is 6.85. The Morgan fingerprint density at radius 1 is 1.71 bits per heavy atom. The highest BCUT2D eigenvalue weighted by Gasteiger charge is 2.33. The lowest BCUT2D eigenvalue weighted by Crippen LogP contribution is -2.32. The molecule has 94 valence electrons. The van der Waals surface area contributed by atoms with Crippen LogP contribution in [0.5, 0.6) is 0 Å². The third-order valence-electron chi connectivity index (χ3n) is 2.95. The number of nitrogens with zero attached hydrogens (tertiary/aromatic N) is 2. The molecule has 0 aromatic carbocycles. The minimum absolute atomic E-state index is 0.159. The van der Waals surface area contributed by atoms with Crippen LogP contribution in [0, 0.1) is 6.92 Å². The maximum absolute atomic E-state index is 11.7. The average Bonchev–Trinajstić information content (AvgIpc) is 2.65. The van der Waals surface area contributed by atoms with Gasteiger partial charge >= 0.3 is 5.69 Å². The maximum atomic E-state index is 11.7. The molecule has 3 atom stereocenters. The summed E-state index contributed by atoms with van der Waals surface area (Å²) >= 11 is 0.